The highest BCUT2D eigenvalue weighted by atomic mass is 32.1. The van der Waals surface area contributed by atoms with E-state index in [2.05, 4.69) is 22.5 Å². The first-order chi connectivity index (χ1) is 10.7. The van der Waals surface area contributed by atoms with Crippen molar-refractivity contribution in [1.29, 1.82) is 0 Å². The van der Waals surface area contributed by atoms with E-state index >= 15 is 0 Å². The summed E-state index contributed by atoms with van der Waals surface area (Å²) in [5, 5.41) is 9.35. The molecule has 0 radical (unpaired) electrons. The average molecular weight is 323 g/mol. The summed E-state index contributed by atoms with van der Waals surface area (Å²) in [4.78, 5) is 25.9. The fourth-order valence-electron chi connectivity index (χ4n) is 2.70. The molecule has 1 aliphatic heterocycles. The largest absolute Gasteiger partial charge is 0.355 e. The first-order valence-electron chi connectivity index (χ1n) is 7.98. The number of amides is 2. The minimum Gasteiger partial charge on any atom is -0.355 e. The molecule has 2 amide bonds. The second kappa shape index (κ2) is 8.90. The molecule has 6 heteroatoms. The van der Waals surface area contributed by atoms with E-state index < -0.39 is 0 Å². The molecule has 5 nitrogen and oxygen atoms in total. The van der Waals surface area contributed by atoms with Gasteiger partial charge in [0.05, 0.1) is 0 Å². The highest BCUT2D eigenvalue weighted by Gasteiger charge is 2.17. The molecule has 1 aromatic heterocycles. The number of carbonyl (C=O) groups excluding carboxylic acids is 2. The van der Waals surface area contributed by atoms with Gasteiger partial charge in [0, 0.05) is 43.0 Å². The number of carbonyl (C=O) groups is 2. The molecule has 1 atom stereocenters. The summed E-state index contributed by atoms with van der Waals surface area (Å²) in [6.45, 7) is 5.35. The normalized spacial score (nSPS) is 18.9. The predicted molar refractivity (Wildman–Crippen MR) is 89.2 cm³/mol. The van der Waals surface area contributed by atoms with Crippen LogP contribution in [-0.2, 0) is 4.79 Å². The summed E-state index contributed by atoms with van der Waals surface area (Å²) < 4.78 is 0. The number of piperidine rings is 1. The van der Waals surface area contributed by atoms with Crippen LogP contribution in [0.3, 0.4) is 0 Å². The Labute approximate surface area is 136 Å². The lowest BCUT2D eigenvalue weighted by atomic mass is 10.0. The van der Waals surface area contributed by atoms with Crippen LogP contribution in [0, 0.1) is 0 Å². The van der Waals surface area contributed by atoms with Gasteiger partial charge in [-0.3, -0.25) is 14.5 Å². The number of nitrogens with one attached hydrogen (secondary N) is 2. The van der Waals surface area contributed by atoms with E-state index in [1.807, 2.05) is 5.38 Å². The summed E-state index contributed by atoms with van der Waals surface area (Å²) in [6.07, 6.45) is 4.15. The lowest BCUT2D eigenvalue weighted by Crippen LogP contribution is -2.42. The third-order valence-corrected chi connectivity index (χ3v) is 4.77. The number of rotatable bonds is 7. The zero-order valence-electron chi connectivity index (χ0n) is 13.1. The Bertz CT molecular complexity index is 476. The lowest BCUT2D eigenvalue weighted by Gasteiger charge is -2.33. The Balaban J connectivity index is 1.55. The Kier molecular flexibility index (Phi) is 6.86. The molecule has 0 saturated carbocycles. The van der Waals surface area contributed by atoms with Crippen molar-refractivity contribution in [2.24, 2.45) is 0 Å². The molecule has 1 aliphatic rings. The van der Waals surface area contributed by atoms with E-state index in [-0.39, 0.29) is 11.8 Å². The molecule has 0 aromatic carbocycles. The van der Waals surface area contributed by atoms with Crippen LogP contribution < -0.4 is 10.6 Å². The van der Waals surface area contributed by atoms with E-state index in [4.69, 9.17) is 0 Å². The van der Waals surface area contributed by atoms with Crippen molar-refractivity contribution in [3.8, 4) is 0 Å². The zero-order chi connectivity index (χ0) is 15.8. The predicted octanol–water partition coefficient (Wildman–Crippen LogP) is 1.86. The van der Waals surface area contributed by atoms with Gasteiger partial charge < -0.3 is 10.6 Å². The smallest absolute Gasteiger partial charge is 0.252 e. The molecule has 122 valence electrons. The summed E-state index contributed by atoms with van der Waals surface area (Å²) in [6, 6.07) is 2.40. The van der Waals surface area contributed by atoms with Crippen LogP contribution in [0.5, 0.6) is 0 Å². The van der Waals surface area contributed by atoms with Crippen LogP contribution in [0.25, 0.3) is 0 Å². The summed E-state index contributed by atoms with van der Waals surface area (Å²) in [5.74, 6) is -0.119. The average Bonchev–Trinajstić information content (AvgIpc) is 3.03. The number of likely N-dealkylation sites (tertiary alicyclic amines) is 1. The Hall–Kier alpha value is -1.40. The van der Waals surface area contributed by atoms with Gasteiger partial charge in [-0.05, 0) is 37.8 Å². The Morgan fingerprint density at radius 2 is 2.18 bits per heavy atom. The number of hydrogen-bond donors (Lipinski definition) is 2. The van der Waals surface area contributed by atoms with Crippen molar-refractivity contribution >= 4 is 23.2 Å². The highest BCUT2D eigenvalue weighted by molar-refractivity contribution is 7.08. The second-order valence-corrected chi connectivity index (χ2v) is 6.53. The maximum Gasteiger partial charge on any atom is 0.252 e. The van der Waals surface area contributed by atoms with Crippen molar-refractivity contribution in [2.45, 2.75) is 38.6 Å². The van der Waals surface area contributed by atoms with Crippen molar-refractivity contribution in [3.05, 3.63) is 22.4 Å². The van der Waals surface area contributed by atoms with Gasteiger partial charge in [0.2, 0.25) is 5.91 Å². The lowest BCUT2D eigenvalue weighted by molar-refractivity contribution is -0.121. The van der Waals surface area contributed by atoms with Crippen LogP contribution >= 0.6 is 11.3 Å². The Morgan fingerprint density at radius 3 is 2.91 bits per heavy atom. The topological polar surface area (TPSA) is 61.4 Å². The molecule has 2 N–H and O–H groups in total. The molecule has 2 heterocycles. The fourth-order valence-corrected chi connectivity index (χ4v) is 3.34. The molecule has 1 aromatic rings. The third-order valence-electron chi connectivity index (χ3n) is 4.08. The van der Waals surface area contributed by atoms with Crippen LogP contribution in [0.2, 0.25) is 0 Å². The molecule has 0 aliphatic carbocycles. The highest BCUT2D eigenvalue weighted by Crippen LogP contribution is 2.15. The molecule has 1 saturated heterocycles. The minimum absolute atomic E-state index is 0.00437. The first-order valence-corrected chi connectivity index (χ1v) is 8.92. The van der Waals surface area contributed by atoms with Crippen molar-refractivity contribution in [1.82, 2.24) is 15.5 Å². The molecule has 0 spiro atoms. The van der Waals surface area contributed by atoms with Gasteiger partial charge >= 0.3 is 0 Å². The van der Waals surface area contributed by atoms with E-state index in [0.717, 1.165) is 13.1 Å². The minimum atomic E-state index is -0.115. The first kappa shape index (κ1) is 17.0. The standard InChI is InChI=1S/C16H25N3O2S/c1-13-4-2-3-9-19(13)10-8-17-15(20)5-7-18-16(21)14-6-11-22-12-14/h6,11-13H,2-5,7-10H2,1H3,(H,17,20)(H,18,21)/t13-/m1/s1. The number of hydrogen-bond acceptors (Lipinski definition) is 4. The van der Waals surface area contributed by atoms with Gasteiger partial charge in [-0.2, -0.15) is 11.3 Å². The van der Waals surface area contributed by atoms with Crippen LogP contribution in [0.1, 0.15) is 43.0 Å². The van der Waals surface area contributed by atoms with Crippen molar-refractivity contribution in [3.63, 3.8) is 0 Å². The van der Waals surface area contributed by atoms with E-state index in [1.54, 1.807) is 11.4 Å². The molecule has 22 heavy (non-hydrogen) atoms. The molecule has 1 fully saturated rings. The van der Waals surface area contributed by atoms with Crippen molar-refractivity contribution < 1.29 is 9.59 Å². The quantitative estimate of drug-likeness (QED) is 0.805. The maximum absolute atomic E-state index is 11.8. The molecular weight excluding hydrogens is 298 g/mol. The van der Waals surface area contributed by atoms with Crippen LogP contribution in [-0.4, -0.2) is 48.9 Å². The van der Waals surface area contributed by atoms with Gasteiger partial charge in [-0.15, -0.1) is 0 Å². The zero-order valence-corrected chi connectivity index (χ0v) is 14.0. The monoisotopic (exact) mass is 323 g/mol. The summed E-state index contributed by atoms with van der Waals surface area (Å²) in [7, 11) is 0. The molecular formula is C16H25N3O2S. The SMILES string of the molecule is C[C@@H]1CCCCN1CCNC(=O)CCNC(=O)c1ccsc1. The number of thiophene rings is 1. The van der Waals surface area contributed by atoms with Gasteiger partial charge in [0.1, 0.15) is 0 Å². The third kappa shape index (κ3) is 5.42. The number of nitrogens with zero attached hydrogens (tertiary/aromatic N) is 1. The van der Waals surface area contributed by atoms with Gasteiger partial charge in [0.25, 0.3) is 5.91 Å². The van der Waals surface area contributed by atoms with Gasteiger partial charge in [0.15, 0.2) is 0 Å². The summed E-state index contributed by atoms with van der Waals surface area (Å²) in [5.41, 5.74) is 0.657. The molecule has 2 rings (SSSR count). The second-order valence-electron chi connectivity index (χ2n) is 5.75. The Morgan fingerprint density at radius 1 is 1.32 bits per heavy atom. The van der Waals surface area contributed by atoms with E-state index in [1.165, 1.54) is 30.6 Å². The van der Waals surface area contributed by atoms with Gasteiger partial charge in [-0.1, -0.05) is 6.42 Å². The summed E-state index contributed by atoms with van der Waals surface area (Å²) >= 11 is 1.49. The molecule has 0 unspecified atom stereocenters. The van der Waals surface area contributed by atoms with Crippen molar-refractivity contribution in [2.75, 3.05) is 26.2 Å². The molecule has 0 bridgehead atoms. The maximum atomic E-state index is 11.8. The van der Waals surface area contributed by atoms with Crippen LogP contribution in [0.4, 0.5) is 0 Å². The van der Waals surface area contributed by atoms with Crippen LogP contribution in [0.15, 0.2) is 16.8 Å². The fraction of sp³-hybridized carbons (Fsp3) is 0.625. The van der Waals surface area contributed by atoms with E-state index in [0.29, 0.717) is 31.1 Å². The van der Waals surface area contributed by atoms with E-state index in [9.17, 15) is 9.59 Å². The van der Waals surface area contributed by atoms with Gasteiger partial charge in [-0.25, -0.2) is 0 Å².